The van der Waals surface area contributed by atoms with Gasteiger partial charge < -0.3 is 5.73 Å². The zero-order valence-electron chi connectivity index (χ0n) is 8.37. The number of rotatable bonds is 2. The van der Waals surface area contributed by atoms with E-state index in [2.05, 4.69) is 15.0 Å². The van der Waals surface area contributed by atoms with Gasteiger partial charge in [-0.1, -0.05) is 12.1 Å². The fourth-order valence-corrected chi connectivity index (χ4v) is 1.02. The summed E-state index contributed by atoms with van der Waals surface area (Å²) in [6.07, 6.45) is -3.21. The van der Waals surface area contributed by atoms with E-state index in [1.165, 1.54) is 18.3 Å². The van der Waals surface area contributed by atoms with Gasteiger partial charge in [-0.25, -0.2) is 5.43 Å². The van der Waals surface area contributed by atoms with Crippen LogP contribution in [0.4, 0.5) is 13.2 Å². The van der Waals surface area contributed by atoms with Crippen molar-refractivity contribution in [2.24, 2.45) is 15.3 Å². The Morgan fingerprint density at radius 3 is 2.71 bits per heavy atom. The topological polar surface area (TPSA) is 62.8 Å². The summed E-state index contributed by atoms with van der Waals surface area (Å²) < 4.78 is 40.1. The Morgan fingerprint density at radius 1 is 1.41 bits per heavy atom. The third-order valence-corrected chi connectivity index (χ3v) is 1.88. The molecule has 0 aliphatic heterocycles. The lowest BCUT2D eigenvalue weighted by Gasteiger charge is -2.06. The molecule has 8 heteroatoms. The van der Waals surface area contributed by atoms with Gasteiger partial charge >= 0.3 is 6.18 Å². The average molecular weight is 265 g/mol. The van der Waals surface area contributed by atoms with E-state index in [1.807, 2.05) is 0 Å². The quantitative estimate of drug-likeness (QED) is 0.488. The van der Waals surface area contributed by atoms with Crippen LogP contribution in [0.25, 0.3) is 0 Å². The number of hydrogen-bond acceptors (Lipinski definition) is 2. The van der Waals surface area contributed by atoms with Crippen LogP contribution < -0.4 is 11.2 Å². The molecule has 0 heterocycles. The molecule has 1 aromatic carbocycles. The van der Waals surface area contributed by atoms with Crippen LogP contribution in [0, 0.1) is 0 Å². The zero-order chi connectivity index (χ0) is 12.9. The molecule has 0 spiro atoms. The number of alkyl halides is 3. The smallest absolute Gasteiger partial charge is 0.367 e. The summed E-state index contributed by atoms with van der Waals surface area (Å²) in [5.74, 6) is -0.158. The van der Waals surface area contributed by atoms with E-state index in [1.54, 1.807) is 0 Å². The number of benzene rings is 1. The lowest BCUT2D eigenvalue weighted by atomic mass is 10.1. The highest BCUT2D eigenvalue weighted by Gasteiger charge is 2.30. The largest absolute Gasteiger partial charge is 0.416 e. The highest BCUT2D eigenvalue weighted by molar-refractivity contribution is 6.19. The Balaban J connectivity index is 2.80. The molecule has 1 aromatic rings. The standard InChI is InChI=1S/C9H8ClF3N4/c10-16-8(14)17-15-5-6-2-1-3-7(4-6)9(11,12)13/h1-5H,(H3,14,16,17). The van der Waals surface area contributed by atoms with Crippen molar-refractivity contribution in [1.29, 1.82) is 0 Å². The van der Waals surface area contributed by atoms with Crippen LogP contribution >= 0.6 is 11.8 Å². The summed E-state index contributed by atoms with van der Waals surface area (Å²) in [7, 11) is 0. The van der Waals surface area contributed by atoms with Crippen molar-refractivity contribution in [2.75, 3.05) is 0 Å². The minimum absolute atomic E-state index is 0.158. The number of nitrogens with one attached hydrogen (secondary N) is 1. The Labute approximate surface area is 100 Å². The predicted molar refractivity (Wildman–Crippen MR) is 59.6 cm³/mol. The number of halogens is 4. The fraction of sp³-hybridized carbons (Fsp3) is 0.111. The first-order valence-electron chi connectivity index (χ1n) is 4.34. The van der Waals surface area contributed by atoms with Crippen molar-refractivity contribution >= 4 is 24.0 Å². The number of guanidine groups is 1. The van der Waals surface area contributed by atoms with Crippen LogP contribution in [0.3, 0.4) is 0 Å². The van der Waals surface area contributed by atoms with Crippen LogP contribution in [0.15, 0.2) is 33.9 Å². The van der Waals surface area contributed by atoms with E-state index in [-0.39, 0.29) is 11.5 Å². The van der Waals surface area contributed by atoms with E-state index < -0.39 is 11.7 Å². The molecule has 1 rings (SSSR count). The minimum atomic E-state index is -4.38. The fourth-order valence-electron chi connectivity index (χ4n) is 0.987. The Bertz CT molecular complexity index is 442. The predicted octanol–water partition coefficient (Wildman–Crippen LogP) is 2.10. The highest BCUT2D eigenvalue weighted by atomic mass is 35.5. The molecular weight excluding hydrogens is 257 g/mol. The number of nitrogens with two attached hydrogens (primary N) is 1. The summed E-state index contributed by atoms with van der Waals surface area (Å²) in [5.41, 5.74) is 6.90. The van der Waals surface area contributed by atoms with E-state index >= 15 is 0 Å². The second kappa shape index (κ2) is 5.53. The molecule has 0 unspecified atom stereocenters. The van der Waals surface area contributed by atoms with Gasteiger partial charge in [0.25, 0.3) is 0 Å². The zero-order valence-corrected chi connectivity index (χ0v) is 9.13. The maximum Gasteiger partial charge on any atom is 0.416 e. The van der Waals surface area contributed by atoms with Gasteiger partial charge in [0.2, 0.25) is 5.96 Å². The van der Waals surface area contributed by atoms with E-state index in [0.717, 1.165) is 12.1 Å². The molecular formula is C9H8ClF3N4. The summed E-state index contributed by atoms with van der Waals surface area (Å²) in [5, 5.41) is 3.55. The van der Waals surface area contributed by atoms with Gasteiger partial charge in [-0.15, -0.1) is 4.51 Å². The first-order chi connectivity index (χ1) is 7.93. The molecule has 0 fully saturated rings. The number of hydrazone groups is 1. The molecule has 0 saturated heterocycles. The highest BCUT2D eigenvalue weighted by Crippen LogP contribution is 2.29. The summed E-state index contributed by atoms with van der Waals surface area (Å²) in [4.78, 5) is 0. The van der Waals surface area contributed by atoms with Gasteiger partial charge in [0.05, 0.1) is 11.8 Å². The van der Waals surface area contributed by atoms with Gasteiger partial charge in [0, 0.05) is 11.8 Å². The molecule has 0 bridgehead atoms. The molecule has 17 heavy (non-hydrogen) atoms. The van der Waals surface area contributed by atoms with Crippen LogP contribution in [0.5, 0.6) is 0 Å². The maximum absolute atomic E-state index is 12.4. The van der Waals surface area contributed by atoms with Crippen molar-refractivity contribution in [3.05, 3.63) is 35.4 Å². The molecule has 0 amide bonds. The second-order valence-corrected chi connectivity index (χ2v) is 3.13. The molecule has 0 atom stereocenters. The van der Waals surface area contributed by atoms with Crippen LogP contribution in [0.2, 0.25) is 0 Å². The monoisotopic (exact) mass is 264 g/mol. The number of nitrogens with zero attached hydrogens (tertiary/aromatic N) is 2. The SMILES string of the molecule is N/C(=N\Cl)NN=Cc1cccc(C(F)(F)F)c1. The van der Waals surface area contributed by atoms with Crippen molar-refractivity contribution in [2.45, 2.75) is 6.18 Å². The molecule has 92 valence electrons. The molecule has 0 aliphatic carbocycles. The Hall–Kier alpha value is -1.76. The normalized spacial score (nSPS) is 13.1. The van der Waals surface area contributed by atoms with Crippen LogP contribution in [0.1, 0.15) is 11.1 Å². The van der Waals surface area contributed by atoms with Gasteiger partial charge in [0.15, 0.2) is 0 Å². The molecule has 0 saturated carbocycles. The third kappa shape index (κ3) is 4.31. The minimum Gasteiger partial charge on any atom is -0.367 e. The molecule has 0 aliphatic rings. The van der Waals surface area contributed by atoms with Gasteiger partial charge in [-0.05, 0) is 17.7 Å². The molecule has 4 nitrogen and oxygen atoms in total. The first kappa shape index (κ1) is 13.3. The lowest BCUT2D eigenvalue weighted by Crippen LogP contribution is -2.26. The van der Waals surface area contributed by atoms with Crippen molar-refractivity contribution < 1.29 is 13.2 Å². The molecule has 0 radical (unpaired) electrons. The van der Waals surface area contributed by atoms with Crippen LogP contribution in [-0.4, -0.2) is 12.2 Å². The average Bonchev–Trinajstić information content (AvgIpc) is 2.28. The maximum atomic E-state index is 12.4. The lowest BCUT2D eigenvalue weighted by molar-refractivity contribution is -0.137. The van der Waals surface area contributed by atoms with Crippen molar-refractivity contribution in [1.82, 2.24) is 5.43 Å². The van der Waals surface area contributed by atoms with Gasteiger partial charge in [-0.3, -0.25) is 0 Å². The van der Waals surface area contributed by atoms with E-state index in [9.17, 15) is 13.2 Å². The van der Waals surface area contributed by atoms with Crippen LogP contribution in [-0.2, 0) is 6.18 Å². The first-order valence-corrected chi connectivity index (χ1v) is 4.68. The van der Waals surface area contributed by atoms with Crippen molar-refractivity contribution in [3.8, 4) is 0 Å². The van der Waals surface area contributed by atoms with Gasteiger partial charge in [0.1, 0.15) is 0 Å². The summed E-state index contributed by atoms with van der Waals surface area (Å²) in [6.45, 7) is 0. The summed E-state index contributed by atoms with van der Waals surface area (Å²) in [6, 6.07) is 4.68. The van der Waals surface area contributed by atoms with Crippen molar-refractivity contribution in [3.63, 3.8) is 0 Å². The Morgan fingerprint density at radius 2 is 2.12 bits per heavy atom. The molecule has 0 aromatic heterocycles. The molecule has 3 N–H and O–H groups in total. The second-order valence-electron chi connectivity index (χ2n) is 2.96. The van der Waals surface area contributed by atoms with E-state index in [4.69, 9.17) is 17.5 Å². The van der Waals surface area contributed by atoms with Gasteiger partial charge in [-0.2, -0.15) is 18.3 Å². The summed E-state index contributed by atoms with van der Waals surface area (Å²) >= 11 is 5.00. The van der Waals surface area contributed by atoms with E-state index in [0.29, 0.717) is 0 Å². The third-order valence-electron chi connectivity index (χ3n) is 1.70. The number of hydrogen-bond donors (Lipinski definition) is 2. The Kier molecular flexibility index (Phi) is 4.33.